The van der Waals surface area contributed by atoms with Crippen LogP contribution in [-0.4, -0.2) is 74.7 Å². The van der Waals surface area contributed by atoms with Crippen molar-refractivity contribution in [1.29, 1.82) is 0 Å². The van der Waals surface area contributed by atoms with Gasteiger partial charge in [-0.15, -0.1) is 0 Å². The van der Waals surface area contributed by atoms with Crippen molar-refractivity contribution in [3.8, 4) is 0 Å². The van der Waals surface area contributed by atoms with Crippen LogP contribution in [0.25, 0.3) is 0 Å². The number of nitrogens with one attached hydrogen (secondary N) is 1. The first-order valence-corrected chi connectivity index (χ1v) is 7.02. The van der Waals surface area contributed by atoms with Gasteiger partial charge in [0, 0.05) is 32.8 Å². The molecule has 2 aliphatic rings. The lowest BCUT2D eigenvalue weighted by Crippen LogP contribution is -2.43. The Morgan fingerprint density at radius 2 is 2.22 bits per heavy atom. The Morgan fingerprint density at radius 3 is 2.94 bits per heavy atom. The summed E-state index contributed by atoms with van der Waals surface area (Å²) in [6.45, 7) is 6.03. The lowest BCUT2D eigenvalue weighted by Gasteiger charge is -2.26. The molecule has 1 amide bonds. The summed E-state index contributed by atoms with van der Waals surface area (Å²) < 4.78 is 5.09. The summed E-state index contributed by atoms with van der Waals surface area (Å²) in [5, 5.41) is 3.36. The maximum absolute atomic E-state index is 12.3. The van der Waals surface area contributed by atoms with Gasteiger partial charge in [-0.1, -0.05) is 0 Å². The molecule has 1 saturated carbocycles. The van der Waals surface area contributed by atoms with Crippen LogP contribution in [0.3, 0.4) is 0 Å². The topological polar surface area (TPSA) is 44.8 Å². The lowest BCUT2D eigenvalue weighted by atomic mass is 10.3. The second-order valence-corrected chi connectivity index (χ2v) is 5.19. The molecule has 1 aliphatic carbocycles. The van der Waals surface area contributed by atoms with Gasteiger partial charge in [-0.3, -0.25) is 9.69 Å². The quantitative estimate of drug-likeness (QED) is 0.721. The van der Waals surface area contributed by atoms with Gasteiger partial charge in [0.05, 0.1) is 13.2 Å². The highest BCUT2D eigenvalue weighted by Crippen LogP contribution is 2.26. The van der Waals surface area contributed by atoms with Gasteiger partial charge in [0.15, 0.2) is 0 Å². The monoisotopic (exact) mass is 255 g/mol. The molecule has 0 aromatic carbocycles. The highest BCUT2D eigenvalue weighted by atomic mass is 16.5. The van der Waals surface area contributed by atoms with E-state index in [-0.39, 0.29) is 5.91 Å². The number of carbonyl (C=O) groups is 1. The summed E-state index contributed by atoms with van der Waals surface area (Å²) in [6, 6.07) is 0.484. The van der Waals surface area contributed by atoms with Gasteiger partial charge in [0.25, 0.3) is 0 Å². The van der Waals surface area contributed by atoms with Gasteiger partial charge in [0.2, 0.25) is 5.91 Å². The normalized spacial score (nSPS) is 21.6. The van der Waals surface area contributed by atoms with Gasteiger partial charge in [-0.05, 0) is 32.4 Å². The molecule has 5 heteroatoms. The molecule has 1 N–H and O–H groups in total. The molecule has 0 aromatic rings. The number of hydrogen-bond donors (Lipinski definition) is 1. The molecule has 2 fully saturated rings. The third-order valence-electron chi connectivity index (χ3n) is 3.64. The Balaban J connectivity index is 1.79. The SMILES string of the molecule is COCCN(C(=O)CN1CCCNCC1)C1CC1. The van der Waals surface area contributed by atoms with E-state index in [1.54, 1.807) is 7.11 Å². The third-order valence-corrected chi connectivity index (χ3v) is 3.64. The van der Waals surface area contributed by atoms with Crippen molar-refractivity contribution < 1.29 is 9.53 Å². The fraction of sp³-hybridized carbons (Fsp3) is 0.923. The van der Waals surface area contributed by atoms with E-state index < -0.39 is 0 Å². The molecule has 0 atom stereocenters. The molecule has 0 aromatic heterocycles. The van der Waals surface area contributed by atoms with Crippen molar-refractivity contribution in [3.63, 3.8) is 0 Å². The van der Waals surface area contributed by atoms with Gasteiger partial charge in [-0.2, -0.15) is 0 Å². The second-order valence-electron chi connectivity index (χ2n) is 5.19. The van der Waals surface area contributed by atoms with Gasteiger partial charge in [-0.25, -0.2) is 0 Å². The zero-order valence-electron chi connectivity index (χ0n) is 11.4. The molecule has 0 bridgehead atoms. The molecule has 2 rings (SSSR count). The van der Waals surface area contributed by atoms with E-state index >= 15 is 0 Å². The summed E-state index contributed by atoms with van der Waals surface area (Å²) in [5.74, 6) is 0.274. The molecule has 0 unspecified atom stereocenters. The van der Waals surface area contributed by atoms with Crippen LogP contribution in [0.4, 0.5) is 0 Å². The number of ether oxygens (including phenoxy) is 1. The Labute approximate surface area is 109 Å². The Hall–Kier alpha value is -0.650. The Morgan fingerprint density at radius 1 is 1.39 bits per heavy atom. The Kier molecular flexibility index (Phi) is 5.41. The average Bonchev–Trinajstić information content (AvgIpc) is 3.17. The highest BCUT2D eigenvalue weighted by molar-refractivity contribution is 5.79. The van der Waals surface area contributed by atoms with Gasteiger partial charge in [0.1, 0.15) is 0 Å². The van der Waals surface area contributed by atoms with Crippen LogP contribution in [0.2, 0.25) is 0 Å². The van der Waals surface area contributed by atoms with Gasteiger partial charge >= 0.3 is 0 Å². The zero-order valence-corrected chi connectivity index (χ0v) is 11.4. The fourth-order valence-electron chi connectivity index (χ4n) is 2.43. The molecule has 0 spiro atoms. The van der Waals surface area contributed by atoms with E-state index in [0.717, 1.165) is 52.0 Å². The van der Waals surface area contributed by atoms with E-state index in [1.165, 1.54) is 0 Å². The van der Waals surface area contributed by atoms with Crippen molar-refractivity contribution in [2.24, 2.45) is 0 Å². The van der Waals surface area contributed by atoms with E-state index in [1.807, 2.05) is 4.90 Å². The molecule has 0 radical (unpaired) electrons. The number of carbonyl (C=O) groups excluding carboxylic acids is 1. The van der Waals surface area contributed by atoms with Crippen molar-refractivity contribution >= 4 is 5.91 Å². The zero-order chi connectivity index (χ0) is 12.8. The minimum atomic E-state index is 0.274. The summed E-state index contributed by atoms with van der Waals surface area (Å²) >= 11 is 0. The van der Waals surface area contributed by atoms with E-state index in [0.29, 0.717) is 19.2 Å². The number of methoxy groups -OCH3 is 1. The summed E-state index contributed by atoms with van der Waals surface area (Å²) in [7, 11) is 1.69. The van der Waals surface area contributed by atoms with E-state index in [2.05, 4.69) is 10.2 Å². The molecular weight excluding hydrogens is 230 g/mol. The van der Waals surface area contributed by atoms with E-state index in [4.69, 9.17) is 4.74 Å². The summed E-state index contributed by atoms with van der Waals surface area (Å²) in [6.07, 6.45) is 3.46. The summed E-state index contributed by atoms with van der Waals surface area (Å²) in [4.78, 5) is 16.6. The predicted molar refractivity (Wildman–Crippen MR) is 70.5 cm³/mol. The maximum atomic E-state index is 12.3. The standard InChI is InChI=1S/C13H25N3O2/c1-18-10-9-16(12-3-4-12)13(17)11-15-7-2-5-14-6-8-15/h12,14H,2-11H2,1H3. The van der Waals surface area contributed by atoms with Crippen molar-refractivity contribution in [2.45, 2.75) is 25.3 Å². The van der Waals surface area contributed by atoms with Crippen LogP contribution >= 0.6 is 0 Å². The first-order valence-electron chi connectivity index (χ1n) is 7.02. The smallest absolute Gasteiger partial charge is 0.237 e. The minimum Gasteiger partial charge on any atom is -0.383 e. The third kappa shape index (κ3) is 4.23. The number of hydrogen-bond acceptors (Lipinski definition) is 4. The molecule has 1 saturated heterocycles. The van der Waals surface area contributed by atoms with Crippen LogP contribution in [0.1, 0.15) is 19.3 Å². The summed E-state index contributed by atoms with van der Waals surface area (Å²) in [5.41, 5.74) is 0. The predicted octanol–water partition coefficient (Wildman–Crippen LogP) is -0.0809. The number of rotatable bonds is 6. The van der Waals surface area contributed by atoms with Crippen LogP contribution in [0.15, 0.2) is 0 Å². The molecule has 104 valence electrons. The largest absolute Gasteiger partial charge is 0.383 e. The van der Waals surface area contributed by atoms with Gasteiger partial charge < -0.3 is 15.0 Å². The lowest BCUT2D eigenvalue weighted by molar-refractivity contribution is -0.133. The number of nitrogens with zero attached hydrogens (tertiary/aromatic N) is 2. The molecule has 1 heterocycles. The molecular formula is C13H25N3O2. The highest BCUT2D eigenvalue weighted by Gasteiger charge is 2.32. The van der Waals surface area contributed by atoms with Crippen LogP contribution < -0.4 is 5.32 Å². The maximum Gasteiger partial charge on any atom is 0.237 e. The fourth-order valence-corrected chi connectivity index (χ4v) is 2.43. The molecule has 18 heavy (non-hydrogen) atoms. The van der Waals surface area contributed by atoms with Crippen molar-refractivity contribution in [2.75, 3.05) is 53.0 Å². The van der Waals surface area contributed by atoms with Crippen LogP contribution in [0, 0.1) is 0 Å². The molecule has 1 aliphatic heterocycles. The minimum absolute atomic E-state index is 0.274. The Bertz CT molecular complexity index is 261. The van der Waals surface area contributed by atoms with Crippen LogP contribution in [0.5, 0.6) is 0 Å². The van der Waals surface area contributed by atoms with Crippen molar-refractivity contribution in [1.82, 2.24) is 15.1 Å². The van der Waals surface area contributed by atoms with Crippen molar-refractivity contribution in [3.05, 3.63) is 0 Å². The second kappa shape index (κ2) is 7.07. The average molecular weight is 255 g/mol. The number of amides is 1. The molecule has 5 nitrogen and oxygen atoms in total. The first kappa shape index (κ1) is 13.8. The first-order chi connectivity index (χ1) is 8.81. The van der Waals surface area contributed by atoms with Crippen LogP contribution in [-0.2, 0) is 9.53 Å². The van der Waals surface area contributed by atoms with E-state index in [9.17, 15) is 4.79 Å².